The molecule has 0 fully saturated rings. The minimum absolute atomic E-state index is 1.09. The molecule has 0 saturated carbocycles. The van der Waals surface area contributed by atoms with Crippen LogP contribution in [0.5, 0.6) is 0 Å². The van der Waals surface area contributed by atoms with E-state index < -0.39 is 0 Å². The van der Waals surface area contributed by atoms with Crippen molar-refractivity contribution in [1.82, 2.24) is 10.2 Å². The van der Waals surface area contributed by atoms with Crippen molar-refractivity contribution in [3.63, 3.8) is 0 Å². The lowest BCUT2D eigenvalue weighted by Crippen LogP contribution is -1.89. The Bertz CT molecular complexity index is 494. The maximum Gasteiger partial charge on any atom is 0.0929 e. The lowest BCUT2D eigenvalue weighted by atomic mass is 10.0. The lowest BCUT2D eigenvalue weighted by Gasteiger charge is -2.04. The fourth-order valence-electron chi connectivity index (χ4n) is 2.09. The Balaban J connectivity index is 2.38. The standard InChI is InChI=1S/C12H12N2/c1-2-5-9-6-4-8-11-12(9)10(7-3-1)13-14-11/h2,4-6,8H,1,3,7H2,(H,13,14). The van der Waals surface area contributed by atoms with E-state index in [9.17, 15) is 0 Å². The molecule has 1 aromatic heterocycles. The number of H-pyrrole nitrogens is 1. The van der Waals surface area contributed by atoms with Crippen molar-refractivity contribution in [2.75, 3.05) is 0 Å². The van der Waals surface area contributed by atoms with Crippen LogP contribution in [-0.4, -0.2) is 10.2 Å². The molecule has 1 aliphatic rings. The first kappa shape index (κ1) is 7.80. The summed E-state index contributed by atoms with van der Waals surface area (Å²) in [5.41, 5.74) is 3.68. The zero-order chi connectivity index (χ0) is 9.38. The number of hydrogen-bond acceptors (Lipinski definition) is 1. The number of rotatable bonds is 0. The Morgan fingerprint density at radius 3 is 3.29 bits per heavy atom. The summed E-state index contributed by atoms with van der Waals surface area (Å²) in [7, 11) is 0. The Morgan fingerprint density at radius 2 is 2.29 bits per heavy atom. The predicted molar refractivity (Wildman–Crippen MR) is 58.1 cm³/mol. The van der Waals surface area contributed by atoms with E-state index in [2.05, 4.69) is 40.5 Å². The minimum Gasteiger partial charge on any atom is -0.281 e. The van der Waals surface area contributed by atoms with Crippen LogP contribution in [-0.2, 0) is 6.42 Å². The van der Waals surface area contributed by atoms with Gasteiger partial charge in [0.1, 0.15) is 0 Å². The summed E-state index contributed by atoms with van der Waals surface area (Å²) >= 11 is 0. The Kier molecular flexibility index (Phi) is 1.66. The van der Waals surface area contributed by atoms with Gasteiger partial charge in [0, 0.05) is 11.1 Å². The van der Waals surface area contributed by atoms with E-state index in [0.29, 0.717) is 0 Å². The van der Waals surface area contributed by atoms with E-state index >= 15 is 0 Å². The van der Waals surface area contributed by atoms with Crippen LogP contribution < -0.4 is 0 Å². The molecule has 0 radical (unpaired) electrons. The van der Waals surface area contributed by atoms with Gasteiger partial charge < -0.3 is 0 Å². The largest absolute Gasteiger partial charge is 0.281 e. The van der Waals surface area contributed by atoms with Crippen molar-refractivity contribution in [2.24, 2.45) is 0 Å². The lowest BCUT2D eigenvalue weighted by molar-refractivity contribution is 0.814. The van der Waals surface area contributed by atoms with Gasteiger partial charge in [-0.3, -0.25) is 5.10 Å². The minimum atomic E-state index is 1.09. The van der Waals surface area contributed by atoms with Crippen molar-refractivity contribution in [2.45, 2.75) is 19.3 Å². The highest BCUT2D eigenvalue weighted by Gasteiger charge is 2.09. The molecule has 1 aromatic carbocycles. The molecule has 70 valence electrons. The van der Waals surface area contributed by atoms with Crippen molar-refractivity contribution in [1.29, 1.82) is 0 Å². The molecule has 0 aliphatic heterocycles. The second-order valence-corrected chi connectivity index (χ2v) is 3.74. The molecule has 0 unspecified atom stereocenters. The van der Waals surface area contributed by atoms with Gasteiger partial charge in [0.05, 0.1) is 5.52 Å². The second kappa shape index (κ2) is 2.98. The van der Waals surface area contributed by atoms with Gasteiger partial charge in [-0.15, -0.1) is 0 Å². The van der Waals surface area contributed by atoms with Crippen LogP contribution in [0, 0.1) is 0 Å². The third-order valence-corrected chi connectivity index (χ3v) is 2.78. The number of benzene rings is 1. The highest BCUT2D eigenvalue weighted by Crippen LogP contribution is 2.25. The SMILES string of the molecule is C1=Cc2cccc3n[nH]c(c23)CCC1. The molecule has 0 bridgehead atoms. The molecule has 14 heavy (non-hydrogen) atoms. The Morgan fingerprint density at radius 1 is 1.29 bits per heavy atom. The molecule has 1 N–H and O–H groups in total. The summed E-state index contributed by atoms with van der Waals surface area (Å²) in [5.74, 6) is 0. The predicted octanol–water partition coefficient (Wildman–Crippen LogP) is 2.91. The summed E-state index contributed by atoms with van der Waals surface area (Å²) in [5, 5.41) is 8.76. The molecule has 0 amide bonds. The van der Waals surface area contributed by atoms with E-state index in [1.54, 1.807) is 0 Å². The first-order valence-electron chi connectivity index (χ1n) is 5.08. The maximum absolute atomic E-state index is 4.31. The molecule has 1 aliphatic carbocycles. The third kappa shape index (κ3) is 1.07. The zero-order valence-electron chi connectivity index (χ0n) is 7.96. The van der Waals surface area contributed by atoms with Crippen LogP contribution in [0.15, 0.2) is 24.3 Å². The molecular weight excluding hydrogens is 172 g/mol. The van der Waals surface area contributed by atoms with E-state index in [1.165, 1.54) is 23.1 Å². The Labute approximate surface area is 82.6 Å². The molecule has 2 aromatic rings. The van der Waals surface area contributed by atoms with Gasteiger partial charge in [0.15, 0.2) is 0 Å². The molecule has 1 heterocycles. The smallest absolute Gasteiger partial charge is 0.0929 e. The highest BCUT2D eigenvalue weighted by atomic mass is 15.1. The van der Waals surface area contributed by atoms with Crippen molar-refractivity contribution >= 4 is 17.0 Å². The number of aromatic nitrogens is 2. The normalized spacial score (nSPS) is 15.4. The summed E-state index contributed by atoms with van der Waals surface area (Å²) in [6, 6.07) is 6.28. The topological polar surface area (TPSA) is 28.7 Å². The van der Waals surface area contributed by atoms with Crippen LogP contribution in [0.1, 0.15) is 24.1 Å². The van der Waals surface area contributed by atoms with Crippen molar-refractivity contribution in [3.05, 3.63) is 35.5 Å². The van der Waals surface area contributed by atoms with Gasteiger partial charge in [0.2, 0.25) is 0 Å². The third-order valence-electron chi connectivity index (χ3n) is 2.78. The van der Waals surface area contributed by atoms with Crippen LogP contribution in [0.4, 0.5) is 0 Å². The first-order valence-corrected chi connectivity index (χ1v) is 5.08. The fourth-order valence-corrected chi connectivity index (χ4v) is 2.09. The van der Waals surface area contributed by atoms with Crippen LogP contribution in [0.3, 0.4) is 0 Å². The first-order chi connectivity index (χ1) is 6.95. The molecule has 2 heteroatoms. The van der Waals surface area contributed by atoms with Gasteiger partial charge in [-0.1, -0.05) is 24.3 Å². The van der Waals surface area contributed by atoms with Gasteiger partial charge in [-0.05, 0) is 30.9 Å². The number of aryl methyl sites for hydroxylation is 1. The van der Waals surface area contributed by atoms with Gasteiger partial charge in [0.25, 0.3) is 0 Å². The average molecular weight is 184 g/mol. The monoisotopic (exact) mass is 184 g/mol. The molecule has 0 saturated heterocycles. The molecular formula is C12H12N2. The average Bonchev–Trinajstić information content (AvgIpc) is 2.57. The van der Waals surface area contributed by atoms with E-state index in [1.807, 2.05) is 0 Å². The quantitative estimate of drug-likeness (QED) is 0.670. The summed E-state index contributed by atoms with van der Waals surface area (Å²) in [6.07, 6.45) is 7.94. The summed E-state index contributed by atoms with van der Waals surface area (Å²) in [6.45, 7) is 0. The van der Waals surface area contributed by atoms with E-state index in [-0.39, 0.29) is 0 Å². The van der Waals surface area contributed by atoms with Crippen LogP contribution in [0.25, 0.3) is 17.0 Å². The van der Waals surface area contributed by atoms with E-state index in [4.69, 9.17) is 0 Å². The van der Waals surface area contributed by atoms with Gasteiger partial charge >= 0.3 is 0 Å². The van der Waals surface area contributed by atoms with Gasteiger partial charge in [-0.2, -0.15) is 5.10 Å². The van der Waals surface area contributed by atoms with E-state index in [0.717, 1.165) is 18.4 Å². The number of aromatic amines is 1. The van der Waals surface area contributed by atoms with Crippen LogP contribution in [0.2, 0.25) is 0 Å². The number of allylic oxidation sites excluding steroid dienone is 1. The number of hydrogen-bond donors (Lipinski definition) is 1. The van der Waals surface area contributed by atoms with Crippen molar-refractivity contribution < 1.29 is 0 Å². The molecule has 2 nitrogen and oxygen atoms in total. The molecule has 0 atom stereocenters. The maximum atomic E-state index is 4.31. The van der Waals surface area contributed by atoms with Crippen molar-refractivity contribution in [3.8, 4) is 0 Å². The van der Waals surface area contributed by atoms with Crippen LogP contribution >= 0.6 is 0 Å². The molecule has 0 spiro atoms. The second-order valence-electron chi connectivity index (χ2n) is 3.74. The summed E-state index contributed by atoms with van der Waals surface area (Å²) in [4.78, 5) is 0. The number of nitrogens with one attached hydrogen (secondary N) is 1. The van der Waals surface area contributed by atoms with Gasteiger partial charge in [-0.25, -0.2) is 0 Å². The fraction of sp³-hybridized carbons (Fsp3) is 0.250. The Hall–Kier alpha value is -1.57. The summed E-state index contributed by atoms with van der Waals surface area (Å²) < 4.78 is 0. The molecule has 3 rings (SSSR count). The zero-order valence-corrected chi connectivity index (χ0v) is 7.96. The highest BCUT2D eigenvalue weighted by molar-refractivity contribution is 5.90. The number of nitrogens with zero attached hydrogens (tertiary/aromatic N) is 1.